The Morgan fingerprint density at radius 3 is 3.00 bits per heavy atom. The van der Waals surface area contributed by atoms with Gasteiger partial charge in [-0.1, -0.05) is 15.9 Å². The van der Waals surface area contributed by atoms with Gasteiger partial charge >= 0.3 is 0 Å². The lowest BCUT2D eigenvalue weighted by Gasteiger charge is -2.09. The number of carbonyl (C=O) groups excluding carboxylic acids is 2. The predicted octanol–water partition coefficient (Wildman–Crippen LogP) is 1.40. The molecule has 17 heavy (non-hydrogen) atoms. The summed E-state index contributed by atoms with van der Waals surface area (Å²) in [5.74, 6) is -1.86. The zero-order chi connectivity index (χ0) is 12.4. The summed E-state index contributed by atoms with van der Waals surface area (Å²) in [6.07, 6.45) is 1.87. The third-order valence-electron chi connectivity index (χ3n) is 2.72. The Bertz CT molecular complexity index is 479. The Morgan fingerprint density at radius 1 is 1.65 bits per heavy atom. The van der Waals surface area contributed by atoms with Gasteiger partial charge in [-0.15, -0.1) is 0 Å². The molecular weight excluding hydrogens is 291 g/mol. The van der Waals surface area contributed by atoms with Crippen LogP contribution in [0.15, 0.2) is 12.3 Å². The molecule has 0 saturated carbocycles. The molecule has 2 rings (SSSR count). The number of amides is 1. The first-order valence-corrected chi connectivity index (χ1v) is 6.28. The molecule has 1 aromatic heterocycles. The van der Waals surface area contributed by atoms with Crippen LogP contribution in [0.3, 0.4) is 0 Å². The first-order valence-electron chi connectivity index (χ1n) is 5.16. The van der Waals surface area contributed by atoms with Gasteiger partial charge in [0.2, 0.25) is 5.91 Å². The summed E-state index contributed by atoms with van der Waals surface area (Å²) in [6.45, 7) is 0.515. The Balaban J connectivity index is 2.42. The van der Waals surface area contributed by atoms with Gasteiger partial charge in [-0.2, -0.15) is 0 Å². The topological polar surface area (TPSA) is 59.1 Å². The summed E-state index contributed by atoms with van der Waals surface area (Å²) >= 11 is 2.99. The largest absolute Gasteiger partial charge is 0.355 e. The van der Waals surface area contributed by atoms with Crippen molar-refractivity contribution in [3.8, 4) is 0 Å². The van der Waals surface area contributed by atoms with Crippen molar-refractivity contribution in [1.82, 2.24) is 10.3 Å². The van der Waals surface area contributed by atoms with Crippen LogP contribution in [0, 0.1) is 5.82 Å². The number of rotatable bonds is 3. The highest BCUT2D eigenvalue weighted by Gasteiger charge is 2.31. The fourth-order valence-corrected chi connectivity index (χ4v) is 2.15. The van der Waals surface area contributed by atoms with Crippen molar-refractivity contribution in [2.24, 2.45) is 0 Å². The van der Waals surface area contributed by atoms with E-state index in [0.717, 1.165) is 0 Å². The second-order valence-electron chi connectivity index (χ2n) is 3.75. The molecule has 4 nitrogen and oxygen atoms in total. The molecule has 90 valence electrons. The molecule has 1 saturated heterocycles. The van der Waals surface area contributed by atoms with Crippen molar-refractivity contribution in [2.45, 2.75) is 12.3 Å². The predicted molar refractivity (Wildman–Crippen MR) is 62.7 cm³/mol. The van der Waals surface area contributed by atoms with Crippen molar-refractivity contribution >= 4 is 27.6 Å². The third kappa shape index (κ3) is 2.22. The number of alkyl halides is 1. The number of nitrogens with zero attached hydrogens (tertiary/aromatic N) is 1. The van der Waals surface area contributed by atoms with E-state index in [4.69, 9.17) is 0 Å². The monoisotopic (exact) mass is 300 g/mol. The number of hydrogen-bond donors (Lipinski definition) is 1. The zero-order valence-electron chi connectivity index (χ0n) is 8.87. The summed E-state index contributed by atoms with van der Waals surface area (Å²) in [4.78, 5) is 26.8. The van der Waals surface area contributed by atoms with E-state index in [0.29, 0.717) is 13.0 Å². The Kier molecular flexibility index (Phi) is 3.51. The maximum atomic E-state index is 14.1. The van der Waals surface area contributed by atoms with Crippen molar-refractivity contribution < 1.29 is 14.0 Å². The molecule has 1 amide bonds. The van der Waals surface area contributed by atoms with Gasteiger partial charge in [-0.25, -0.2) is 4.39 Å². The fourth-order valence-electron chi connectivity index (χ4n) is 1.85. The second-order valence-corrected chi connectivity index (χ2v) is 4.31. The molecule has 1 N–H and O–H groups in total. The smallest absolute Gasteiger partial charge is 0.229 e. The number of hydrogen-bond acceptors (Lipinski definition) is 3. The molecule has 0 aromatic carbocycles. The normalized spacial score (nSPS) is 19.2. The number of carbonyl (C=O) groups is 2. The average molecular weight is 301 g/mol. The lowest BCUT2D eigenvalue weighted by atomic mass is 10.00. The molecule has 1 fully saturated rings. The molecular formula is C11H10BrFN2O2. The molecule has 0 spiro atoms. The maximum Gasteiger partial charge on any atom is 0.229 e. The van der Waals surface area contributed by atoms with E-state index in [-0.39, 0.29) is 28.3 Å². The van der Waals surface area contributed by atoms with E-state index in [1.165, 1.54) is 12.3 Å². The van der Waals surface area contributed by atoms with Crippen molar-refractivity contribution in [1.29, 1.82) is 0 Å². The van der Waals surface area contributed by atoms with E-state index in [9.17, 15) is 14.0 Å². The number of pyridine rings is 1. The minimum atomic E-state index is -0.681. The maximum absolute atomic E-state index is 14.1. The summed E-state index contributed by atoms with van der Waals surface area (Å²) in [6, 6.07) is 1.33. The zero-order valence-corrected chi connectivity index (χ0v) is 10.5. The van der Waals surface area contributed by atoms with E-state index in [1.807, 2.05) is 0 Å². The van der Waals surface area contributed by atoms with Gasteiger partial charge in [0, 0.05) is 12.7 Å². The van der Waals surface area contributed by atoms with Crippen LogP contribution >= 0.6 is 15.9 Å². The van der Waals surface area contributed by atoms with Crippen LogP contribution in [-0.2, 0) is 4.79 Å². The van der Waals surface area contributed by atoms with E-state index in [1.54, 1.807) is 0 Å². The molecule has 1 aliphatic heterocycles. The Morgan fingerprint density at radius 2 is 2.41 bits per heavy atom. The SMILES string of the molecule is O=C(CBr)c1ccnc(C2CCNC2=O)c1F. The van der Waals surface area contributed by atoms with Gasteiger partial charge < -0.3 is 5.32 Å². The minimum absolute atomic E-state index is 0.0217. The first kappa shape index (κ1) is 12.2. The van der Waals surface area contributed by atoms with E-state index in [2.05, 4.69) is 26.2 Å². The van der Waals surface area contributed by atoms with Crippen LogP contribution in [0.4, 0.5) is 4.39 Å². The lowest BCUT2D eigenvalue weighted by Crippen LogP contribution is -2.20. The van der Waals surface area contributed by atoms with Gasteiger partial charge in [0.15, 0.2) is 11.6 Å². The Labute approximate surface area is 106 Å². The highest BCUT2D eigenvalue weighted by atomic mass is 79.9. The quantitative estimate of drug-likeness (QED) is 0.678. The number of aromatic nitrogens is 1. The van der Waals surface area contributed by atoms with Gasteiger partial charge in [-0.05, 0) is 12.5 Å². The third-order valence-corrected chi connectivity index (χ3v) is 3.23. The summed E-state index contributed by atoms with van der Waals surface area (Å²) in [7, 11) is 0. The molecule has 1 aliphatic rings. The second kappa shape index (κ2) is 4.91. The number of nitrogens with one attached hydrogen (secondary N) is 1. The molecule has 2 heterocycles. The van der Waals surface area contributed by atoms with Crippen LogP contribution in [0.5, 0.6) is 0 Å². The molecule has 0 aliphatic carbocycles. The molecule has 0 radical (unpaired) electrons. The average Bonchev–Trinajstić information content (AvgIpc) is 2.75. The van der Waals surface area contributed by atoms with E-state index >= 15 is 0 Å². The van der Waals surface area contributed by atoms with Crippen molar-refractivity contribution in [3.05, 3.63) is 29.3 Å². The molecule has 1 unspecified atom stereocenters. The standard InChI is InChI=1S/C11H10BrFN2O2/c12-5-8(16)6-1-3-14-10(9(6)13)7-2-4-15-11(7)17/h1,3,7H,2,4-5H2,(H,15,17). The Hall–Kier alpha value is -1.30. The van der Waals surface area contributed by atoms with Gasteiger partial charge in [-0.3, -0.25) is 14.6 Å². The molecule has 0 bridgehead atoms. The number of ketones is 1. The van der Waals surface area contributed by atoms with Crippen molar-refractivity contribution in [2.75, 3.05) is 11.9 Å². The fraction of sp³-hybridized carbons (Fsp3) is 0.364. The molecule has 1 atom stereocenters. The highest BCUT2D eigenvalue weighted by molar-refractivity contribution is 9.09. The molecule has 1 aromatic rings. The summed E-state index contributed by atoms with van der Waals surface area (Å²) in [5, 5.41) is 2.66. The summed E-state index contributed by atoms with van der Waals surface area (Å²) in [5.41, 5.74) is 0.0402. The number of Topliss-reactive ketones (excluding diaryl/α,β-unsaturated/α-hetero) is 1. The first-order chi connectivity index (χ1) is 8.15. The highest BCUT2D eigenvalue weighted by Crippen LogP contribution is 2.25. The molecule has 6 heteroatoms. The minimum Gasteiger partial charge on any atom is -0.355 e. The van der Waals surface area contributed by atoms with Crippen LogP contribution in [0.25, 0.3) is 0 Å². The summed E-state index contributed by atoms with van der Waals surface area (Å²) < 4.78 is 14.1. The van der Waals surface area contributed by atoms with Crippen LogP contribution in [0.2, 0.25) is 0 Å². The van der Waals surface area contributed by atoms with Gasteiger partial charge in [0.1, 0.15) is 0 Å². The van der Waals surface area contributed by atoms with Crippen LogP contribution in [-0.4, -0.2) is 28.5 Å². The van der Waals surface area contributed by atoms with Crippen LogP contribution in [0.1, 0.15) is 28.4 Å². The van der Waals surface area contributed by atoms with Crippen LogP contribution < -0.4 is 5.32 Å². The number of halogens is 2. The van der Waals surface area contributed by atoms with Gasteiger partial charge in [0.25, 0.3) is 0 Å². The van der Waals surface area contributed by atoms with Gasteiger partial charge in [0.05, 0.1) is 22.5 Å². The van der Waals surface area contributed by atoms with Crippen molar-refractivity contribution in [3.63, 3.8) is 0 Å². The lowest BCUT2D eigenvalue weighted by molar-refractivity contribution is -0.120. The van der Waals surface area contributed by atoms with E-state index < -0.39 is 11.7 Å².